The quantitative estimate of drug-likeness (QED) is 0.728. The first kappa shape index (κ1) is 21.1. The normalized spacial score (nSPS) is 34.6. The zero-order chi connectivity index (χ0) is 21.9. The number of rotatable bonds is 5. The number of piperazine rings is 1. The first-order valence-corrected chi connectivity index (χ1v) is 13.5. The number of nitrogens with one attached hydrogen (secondary N) is 1. The molecule has 1 saturated heterocycles. The summed E-state index contributed by atoms with van der Waals surface area (Å²) in [5.74, 6) is 2.86. The first-order valence-electron chi connectivity index (χ1n) is 12.6. The number of carbonyl (C=O) groups is 1. The Morgan fingerprint density at radius 3 is 2.22 bits per heavy atom. The number of amides is 1. The molecule has 6 heteroatoms. The van der Waals surface area contributed by atoms with E-state index in [0.717, 1.165) is 49.4 Å². The summed E-state index contributed by atoms with van der Waals surface area (Å²) in [6.45, 7) is 8.27. The number of benzene rings is 1. The van der Waals surface area contributed by atoms with Crippen molar-refractivity contribution < 1.29 is 4.79 Å². The van der Waals surface area contributed by atoms with E-state index in [0.29, 0.717) is 6.04 Å². The third-order valence-electron chi connectivity index (χ3n) is 8.92. The summed E-state index contributed by atoms with van der Waals surface area (Å²) in [5.41, 5.74) is 1.22. The lowest BCUT2D eigenvalue weighted by Crippen LogP contribution is -2.63. The van der Waals surface area contributed by atoms with Gasteiger partial charge in [0.25, 0.3) is 0 Å². The zero-order valence-corrected chi connectivity index (χ0v) is 20.2. The van der Waals surface area contributed by atoms with Gasteiger partial charge in [0.15, 0.2) is 0 Å². The van der Waals surface area contributed by atoms with Crippen LogP contribution in [0.5, 0.6) is 0 Å². The number of nitrogens with zero attached hydrogens (tertiary/aromatic N) is 3. The smallest absolute Gasteiger partial charge is 0.237 e. The highest BCUT2D eigenvalue weighted by Gasteiger charge is 2.51. The van der Waals surface area contributed by atoms with Gasteiger partial charge in [-0.3, -0.25) is 14.6 Å². The Kier molecular flexibility index (Phi) is 5.31. The average Bonchev–Trinajstić information content (AvgIpc) is 3.21. The topological polar surface area (TPSA) is 48.5 Å². The van der Waals surface area contributed by atoms with Gasteiger partial charge in [-0.05, 0) is 82.3 Å². The molecule has 32 heavy (non-hydrogen) atoms. The van der Waals surface area contributed by atoms with Crippen molar-refractivity contribution in [1.29, 1.82) is 0 Å². The van der Waals surface area contributed by atoms with Gasteiger partial charge in [-0.1, -0.05) is 12.1 Å². The van der Waals surface area contributed by atoms with Crippen LogP contribution < -0.4 is 5.32 Å². The van der Waals surface area contributed by atoms with Crippen molar-refractivity contribution in [1.82, 2.24) is 20.1 Å². The van der Waals surface area contributed by atoms with Gasteiger partial charge in [0, 0.05) is 31.7 Å². The summed E-state index contributed by atoms with van der Waals surface area (Å²) in [5, 5.41) is 4.79. The molecule has 5 aliphatic rings. The third kappa shape index (κ3) is 3.78. The molecular formula is C26H36N4OS. The second-order valence-electron chi connectivity index (χ2n) is 11.1. The lowest BCUT2D eigenvalue weighted by molar-refractivity contribution is -0.132. The largest absolute Gasteiger partial charge is 0.349 e. The van der Waals surface area contributed by atoms with E-state index < -0.39 is 0 Å². The minimum atomic E-state index is -0.0390. The lowest BCUT2D eigenvalue weighted by Gasteiger charge is -2.57. The first-order chi connectivity index (χ1) is 15.5. The summed E-state index contributed by atoms with van der Waals surface area (Å²) in [7, 11) is 0. The molecule has 1 aromatic heterocycles. The standard InChI is InChI=1S/C26H36N4OS/c1-17(24(31)28-26-14-19-11-20(15-26)13-21(12-19)16-26)29-7-9-30(10-8-29)18(2)25-27-22-5-3-4-6-23(22)32-25/h3-6,17-21H,7-16H2,1-2H3,(H,28,31)/t17-,18+,19?,20?,21?,26?/m1/s1. The van der Waals surface area contributed by atoms with Crippen molar-refractivity contribution in [3.05, 3.63) is 29.3 Å². The fourth-order valence-electron chi connectivity index (χ4n) is 7.53. The Hall–Kier alpha value is -1.50. The van der Waals surface area contributed by atoms with Gasteiger partial charge in [-0.15, -0.1) is 11.3 Å². The van der Waals surface area contributed by atoms with Crippen LogP contribution >= 0.6 is 11.3 Å². The molecule has 5 fully saturated rings. The van der Waals surface area contributed by atoms with Crippen LogP contribution in [0.4, 0.5) is 0 Å². The lowest BCUT2D eigenvalue weighted by atomic mass is 9.53. The van der Waals surface area contributed by atoms with Crippen molar-refractivity contribution in [3.8, 4) is 0 Å². The second-order valence-corrected chi connectivity index (χ2v) is 12.2. The number of para-hydroxylation sites is 1. The van der Waals surface area contributed by atoms with Crippen LogP contribution in [0, 0.1) is 17.8 Å². The highest BCUT2D eigenvalue weighted by Crippen LogP contribution is 2.55. The molecule has 4 bridgehead atoms. The molecule has 2 heterocycles. The van der Waals surface area contributed by atoms with Gasteiger partial charge < -0.3 is 5.32 Å². The number of hydrogen-bond donors (Lipinski definition) is 1. The molecule has 4 saturated carbocycles. The summed E-state index contributed by atoms with van der Waals surface area (Å²) in [6, 6.07) is 8.69. The predicted molar refractivity (Wildman–Crippen MR) is 130 cm³/mol. The molecule has 1 amide bonds. The molecule has 5 nitrogen and oxygen atoms in total. The summed E-state index contributed by atoms with van der Waals surface area (Å²) in [6.07, 6.45) is 7.93. The average molecular weight is 453 g/mol. The molecule has 4 aliphatic carbocycles. The molecule has 0 unspecified atom stereocenters. The van der Waals surface area contributed by atoms with Crippen molar-refractivity contribution in [2.45, 2.75) is 70.0 Å². The number of carbonyl (C=O) groups excluding carboxylic acids is 1. The molecule has 1 N–H and O–H groups in total. The molecule has 0 radical (unpaired) electrons. The van der Waals surface area contributed by atoms with E-state index in [1.165, 1.54) is 48.2 Å². The van der Waals surface area contributed by atoms with Crippen LogP contribution in [0.25, 0.3) is 10.2 Å². The van der Waals surface area contributed by atoms with Crippen molar-refractivity contribution in [2.75, 3.05) is 26.2 Å². The third-order valence-corrected chi connectivity index (χ3v) is 10.1. The predicted octanol–water partition coefficient (Wildman–Crippen LogP) is 4.45. The summed E-state index contributed by atoms with van der Waals surface area (Å²) >= 11 is 1.81. The highest BCUT2D eigenvalue weighted by atomic mass is 32.1. The van der Waals surface area contributed by atoms with E-state index in [1.807, 2.05) is 11.3 Å². The summed E-state index contributed by atoms with van der Waals surface area (Å²) in [4.78, 5) is 23.1. The maximum Gasteiger partial charge on any atom is 0.237 e. The van der Waals surface area contributed by atoms with E-state index in [2.05, 4.69) is 53.2 Å². The zero-order valence-electron chi connectivity index (χ0n) is 19.4. The van der Waals surface area contributed by atoms with Crippen LogP contribution in [-0.2, 0) is 4.79 Å². The van der Waals surface area contributed by atoms with E-state index in [1.54, 1.807) is 0 Å². The fraction of sp³-hybridized carbons (Fsp3) is 0.692. The number of fused-ring (bicyclic) bond motifs is 1. The Labute approximate surface area is 195 Å². The van der Waals surface area contributed by atoms with E-state index in [4.69, 9.17) is 4.98 Å². The van der Waals surface area contributed by atoms with Gasteiger partial charge in [0.2, 0.25) is 5.91 Å². The van der Waals surface area contributed by atoms with Crippen molar-refractivity contribution in [3.63, 3.8) is 0 Å². The fourth-order valence-corrected chi connectivity index (χ4v) is 8.59. The number of hydrogen-bond acceptors (Lipinski definition) is 5. The molecule has 172 valence electrons. The van der Waals surface area contributed by atoms with Crippen LogP contribution in [0.15, 0.2) is 24.3 Å². The molecule has 1 aliphatic heterocycles. The van der Waals surface area contributed by atoms with E-state index in [9.17, 15) is 4.79 Å². The van der Waals surface area contributed by atoms with Gasteiger partial charge in [0.1, 0.15) is 5.01 Å². The van der Waals surface area contributed by atoms with Crippen LogP contribution in [0.3, 0.4) is 0 Å². The Morgan fingerprint density at radius 1 is 1.00 bits per heavy atom. The molecule has 1 aromatic carbocycles. The van der Waals surface area contributed by atoms with Crippen molar-refractivity contribution in [2.24, 2.45) is 17.8 Å². The highest BCUT2D eigenvalue weighted by molar-refractivity contribution is 7.18. The van der Waals surface area contributed by atoms with Gasteiger partial charge in [-0.2, -0.15) is 0 Å². The Bertz CT molecular complexity index is 926. The van der Waals surface area contributed by atoms with E-state index >= 15 is 0 Å². The van der Waals surface area contributed by atoms with Gasteiger partial charge >= 0.3 is 0 Å². The van der Waals surface area contributed by atoms with Crippen LogP contribution in [0.2, 0.25) is 0 Å². The van der Waals surface area contributed by atoms with E-state index in [-0.39, 0.29) is 17.5 Å². The van der Waals surface area contributed by atoms with Crippen molar-refractivity contribution >= 4 is 27.5 Å². The maximum atomic E-state index is 13.3. The molecule has 0 spiro atoms. The van der Waals surface area contributed by atoms with Crippen LogP contribution in [-0.4, -0.2) is 58.5 Å². The molecular weight excluding hydrogens is 416 g/mol. The minimum absolute atomic E-state index is 0.0390. The van der Waals surface area contributed by atoms with Gasteiger partial charge in [0.05, 0.1) is 22.3 Å². The Balaban J connectivity index is 1.05. The number of thiazole rings is 1. The summed E-state index contributed by atoms with van der Waals surface area (Å²) < 4.78 is 1.27. The monoisotopic (exact) mass is 452 g/mol. The van der Waals surface area contributed by atoms with Crippen LogP contribution in [0.1, 0.15) is 63.4 Å². The Morgan fingerprint density at radius 2 is 1.59 bits per heavy atom. The minimum Gasteiger partial charge on any atom is -0.349 e. The molecule has 2 aromatic rings. The second kappa shape index (κ2) is 8.07. The molecule has 7 rings (SSSR count). The maximum absolute atomic E-state index is 13.3. The SMILES string of the molecule is C[C@H](C(=O)NC12CC3CC(CC(C3)C1)C2)N1CCN([C@@H](C)c2nc3ccccc3s2)CC1. The molecule has 2 atom stereocenters. The van der Waals surface area contributed by atoms with Gasteiger partial charge in [-0.25, -0.2) is 4.98 Å². The number of aromatic nitrogens is 1.